The van der Waals surface area contributed by atoms with Crippen LogP contribution in [0.4, 0.5) is 0 Å². The Labute approximate surface area is 207 Å². The van der Waals surface area contributed by atoms with Crippen LogP contribution in [0.3, 0.4) is 0 Å². The number of carbonyl (C=O) groups is 3. The van der Waals surface area contributed by atoms with Gasteiger partial charge in [0.05, 0.1) is 19.1 Å². The molecule has 0 unspecified atom stereocenters. The van der Waals surface area contributed by atoms with Gasteiger partial charge in [-0.3, -0.25) is 9.59 Å². The number of H-pyrrole nitrogens is 1. The first-order chi connectivity index (χ1) is 16.8. The van der Waals surface area contributed by atoms with E-state index in [4.69, 9.17) is 9.47 Å². The zero-order valence-corrected chi connectivity index (χ0v) is 21.2. The van der Waals surface area contributed by atoms with Crippen LogP contribution in [-0.4, -0.2) is 54.0 Å². The van der Waals surface area contributed by atoms with Gasteiger partial charge in [0, 0.05) is 31.7 Å². The van der Waals surface area contributed by atoms with Gasteiger partial charge in [-0.05, 0) is 75.8 Å². The molecule has 1 fully saturated rings. The summed E-state index contributed by atoms with van der Waals surface area (Å²) in [6.45, 7) is 9.98. The van der Waals surface area contributed by atoms with E-state index in [0.717, 1.165) is 41.0 Å². The topological polar surface area (TPSA) is 101 Å². The first kappa shape index (κ1) is 26.3. The lowest BCUT2D eigenvalue weighted by Gasteiger charge is -2.32. The largest absolute Gasteiger partial charge is 0.494 e. The fourth-order valence-corrected chi connectivity index (χ4v) is 4.58. The maximum Gasteiger partial charge on any atom is 0.355 e. The molecule has 2 heterocycles. The number of rotatable bonds is 10. The number of nitrogens with zero attached hydrogens (tertiary/aromatic N) is 1. The van der Waals surface area contributed by atoms with Crippen molar-refractivity contribution in [3.05, 3.63) is 52.3 Å². The number of piperidine rings is 1. The SMILES string of the molecule is CCOC(=O)c1[nH]c(C)c(CCC(=O)N2CCC[C@H](C(=O)NCc3ccc(OCC)cc3)C2)c1C. The molecule has 1 aliphatic rings. The molecule has 8 nitrogen and oxygen atoms in total. The van der Waals surface area contributed by atoms with Crippen molar-refractivity contribution < 1.29 is 23.9 Å². The van der Waals surface area contributed by atoms with E-state index >= 15 is 0 Å². The molecule has 1 aliphatic heterocycles. The number of aryl methyl sites for hydroxylation is 1. The molecule has 2 N–H and O–H groups in total. The second kappa shape index (κ2) is 12.4. The van der Waals surface area contributed by atoms with Crippen LogP contribution in [0.5, 0.6) is 5.75 Å². The highest BCUT2D eigenvalue weighted by Gasteiger charge is 2.28. The third kappa shape index (κ3) is 6.87. The summed E-state index contributed by atoms with van der Waals surface area (Å²) in [5, 5.41) is 3.01. The second-order valence-corrected chi connectivity index (χ2v) is 8.92. The molecule has 0 bridgehead atoms. The Hall–Kier alpha value is -3.29. The predicted molar refractivity (Wildman–Crippen MR) is 133 cm³/mol. The fourth-order valence-electron chi connectivity index (χ4n) is 4.58. The normalized spacial score (nSPS) is 15.5. The van der Waals surface area contributed by atoms with E-state index in [2.05, 4.69) is 10.3 Å². The Bertz CT molecular complexity index is 1030. The third-order valence-electron chi connectivity index (χ3n) is 6.51. The highest BCUT2D eigenvalue weighted by Crippen LogP contribution is 2.22. The molecule has 190 valence electrons. The molecule has 8 heteroatoms. The number of likely N-dealkylation sites (tertiary alicyclic amines) is 1. The summed E-state index contributed by atoms with van der Waals surface area (Å²) in [7, 11) is 0. The first-order valence-electron chi connectivity index (χ1n) is 12.5. The Morgan fingerprint density at radius 3 is 2.54 bits per heavy atom. The first-order valence-corrected chi connectivity index (χ1v) is 12.5. The van der Waals surface area contributed by atoms with Crippen molar-refractivity contribution in [1.29, 1.82) is 0 Å². The number of carbonyl (C=O) groups excluding carboxylic acids is 3. The molecule has 3 rings (SSSR count). The van der Waals surface area contributed by atoms with Gasteiger partial charge in [-0.25, -0.2) is 4.79 Å². The van der Waals surface area contributed by atoms with Crippen molar-refractivity contribution >= 4 is 17.8 Å². The summed E-state index contributed by atoms with van der Waals surface area (Å²) in [4.78, 5) is 42.8. The smallest absolute Gasteiger partial charge is 0.355 e. The monoisotopic (exact) mass is 483 g/mol. The van der Waals surface area contributed by atoms with E-state index in [1.54, 1.807) is 11.8 Å². The maximum absolute atomic E-state index is 13.0. The van der Waals surface area contributed by atoms with Crippen molar-refractivity contribution in [2.75, 3.05) is 26.3 Å². The number of hydrogen-bond donors (Lipinski definition) is 2. The van der Waals surface area contributed by atoms with Gasteiger partial charge in [0.1, 0.15) is 11.4 Å². The van der Waals surface area contributed by atoms with Crippen LogP contribution >= 0.6 is 0 Å². The molecule has 2 aromatic rings. The van der Waals surface area contributed by atoms with E-state index in [9.17, 15) is 14.4 Å². The molecule has 1 atom stereocenters. The summed E-state index contributed by atoms with van der Waals surface area (Å²) in [6.07, 6.45) is 2.46. The van der Waals surface area contributed by atoms with Gasteiger partial charge in [0.2, 0.25) is 11.8 Å². The molecule has 2 amide bonds. The number of benzene rings is 1. The lowest BCUT2D eigenvalue weighted by molar-refractivity contribution is -0.135. The minimum absolute atomic E-state index is 0.0206. The molecule has 0 saturated carbocycles. The highest BCUT2D eigenvalue weighted by molar-refractivity contribution is 5.90. The van der Waals surface area contributed by atoms with Crippen molar-refractivity contribution in [2.45, 2.75) is 59.9 Å². The maximum atomic E-state index is 13.0. The lowest BCUT2D eigenvalue weighted by atomic mass is 9.96. The van der Waals surface area contributed by atoms with Gasteiger partial charge in [0.15, 0.2) is 0 Å². The summed E-state index contributed by atoms with van der Waals surface area (Å²) >= 11 is 0. The molecular formula is C27H37N3O5. The molecule has 1 aromatic carbocycles. The molecule has 35 heavy (non-hydrogen) atoms. The number of amides is 2. The van der Waals surface area contributed by atoms with Gasteiger partial charge in [-0.2, -0.15) is 0 Å². The predicted octanol–water partition coefficient (Wildman–Crippen LogP) is 3.69. The van der Waals surface area contributed by atoms with Crippen molar-refractivity contribution in [2.24, 2.45) is 5.92 Å². The quantitative estimate of drug-likeness (QED) is 0.502. The zero-order chi connectivity index (χ0) is 25.4. The van der Waals surface area contributed by atoms with Crippen LogP contribution in [-0.2, 0) is 27.3 Å². The van der Waals surface area contributed by atoms with Gasteiger partial charge < -0.3 is 24.7 Å². The number of aromatic nitrogens is 1. The fraction of sp³-hybridized carbons (Fsp3) is 0.519. The minimum Gasteiger partial charge on any atom is -0.494 e. The minimum atomic E-state index is -0.374. The van der Waals surface area contributed by atoms with Crippen molar-refractivity contribution in [3.8, 4) is 5.75 Å². The Balaban J connectivity index is 1.51. The van der Waals surface area contributed by atoms with Crippen LogP contribution in [0.2, 0.25) is 0 Å². The molecule has 0 radical (unpaired) electrons. The molecule has 0 spiro atoms. The van der Waals surface area contributed by atoms with Gasteiger partial charge in [-0.1, -0.05) is 12.1 Å². The van der Waals surface area contributed by atoms with Crippen LogP contribution in [0.1, 0.15) is 66.0 Å². The number of hydrogen-bond acceptors (Lipinski definition) is 5. The number of nitrogens with one attached hydrogen (secondary N) is 2. The number of esters is 1. The standard InChI is InChI=1S/C27H37N3O5/c1-5-34-22-11-9-20(10-12-22)16-28-26(32)21-8-7-15-30(17-21)24(31)14-13-23-18(3)25(29-19(23)4)27(33)35-6-2/h9-12,21,29H,5-8,13-17H2,1-4H3,(H,28,32)/t21-/m0/s1. The van der Waals surface area contributed by atoms with Crippen molar-refractivity contribution in [1.82, 2.24) is 15.2 Å². The third-order valence-corrected chi connectivity index (χ3v) is 6.51. The Morgan fingerprint density at radius 2 is 1.86 bits per heavy atom. The Morgan fingerprint density at radius 1 is 1.11 bits per heavy atom. The van der Waals surface area contributed by atoms with Gasteiger partial charge >= 0.3 is 5.97 Å². The molecule has 1 saturated heterocycles. The average Bonchev–Trinajstić information content (AvgIpc) is 3.15. The van der Waals surface area contributed by atoms with Crippen LogP contribution < -0.4 is 10.1 Å². The number of ether oxygens (including phenoxy) is 2. The highest BCUT2D eigenvalue weighted by atomic mass is 16.5. The average molecular weight is 484 g/mol. The number of aromatic amines is 1. The van der Waals surface area contributed by atoms with Crippen LogP contribution in [0, 0.1) is 19.8 Å². The molecule has 0 aliphatic carbocycles. The molecule has 1 aromatic heterocycles. The van der Waals surface area contributed by atoms with Crippen LogP contribution in [0.15, 0.2) is 24.3 Å². The van der Waals surface area contributed by atoms with E-state index in [-0.39, 0.29) is 23.7 Å². The van der Waals surface area contributed by atoms with Gasteiger partial charge in [0.25, 0.3) is 0 Å². The second-order valence-electron chi connectivity index (χ2n) is 8.92. The van der Waals surface area contributed by atoms with E-state index in [1.807, 2.05) is 45.0 Å². The summed E-state index contributed by atoms with van der Waals surface area (Å²) in [6, 6.07) is 7.69. The molecular weight excluding hydrogens is 446 g/mol. The van der Waals surface area contributed by atoms with Crippen LogP contribution in [0.25, 0.3) is 0 Å². The zero-order valence-electron chi connectivity index (χ0n) is 21.2. The summed E-state index contributed by atoms with van der Waals surface area (Å²) in [5.74, 6) is 0.244. The Kier molecular flexibility index (Phi) is 9.34. The summed E-state index contributed by atoms with van der Waals surface area (Å²) in [5.41, 5.74) is 4.14. The van der Waals surface area contributed by atoms with E-state index < -0.39 is 0 Å². The van der Waals surface area contributed by atoms with Crippen molar-refractivity contribution in [3.63, 3.8) is 0 Å². The summed E-state index contributed by atoms with van der Waals surface area (Å²) < 4.78 is 10.6. The lowest BCUT2D eigenvalue weighted by Crippen LogP contribution is -2.45. The van der Waals surface area contributed by atoms with E-state index in [1.165, 1.54) is 0 Å². The van der Waals surface area contributed by atoms with Gasteiger partial charge in [-0.15, -0.1) is 0 Å². The van der Waals surface area contributed by atoms with E-state index in [0.29, 0.717) is 51.4 Å².